The SMILES string of the molecule is COc1ccccc1N1CCN(C(=O)Cc2c(C)[nH]c3ccc(F)cc23)CC1. The fourth-order valence-electron chi connectivity index (χ4n) is 3.93. The number of ether oxygens (including phenoxy) is 1. The van der Waals surface area contributed by atoms with E-state index in [1.165, 1.54) is 12.1 Å². The van der Waals surface area contributed by atoms with Crippen molar-refractivity contribution in [2.75, 3.05) is 38.2 Å². The molecule has 0 saturated carbocycles. The fourth-order valence-corrected chi connectivity index (χ4v) is 3.93. The van der Waals surface area contributed by atoms with Crippen LogP contribution in [0.1, 0.15) is 11.3 Å². The lowest BCUT2D eigenvalue weighted by Gasteiger charge is -2.36. The number of aryl methyl sites for hydroxylation is 1. The van der Waals surface area contributed by atoms with Crippen LogP contribution in [0.25, 0.3) is 10.9 Å². The average molecular weight is 381 g/mol. The van der Waals surface area contributed by atoms with E-state index in [1.54, 1.807) is 13.2 Å². The van der Waals surface area contributed by atoms with Gasteiger partial charge in [-0.15, -0.1) is 0 Å². The molecule has 1 aliphatic heterocycles. The Morgan fingerprint density at radius 3 is 2.64 bits per heavy atom. The Balaban J connectivity index is 1.45. The van der Waals surface area contributed by atoms with Crippen LogP contribution in [-0.4, -0.2) is 49.1 Å². The third kappa shape index (κ3) is 3.42. The largest absolute Gasteiger partial charge is 0.495 e. The Labute approximate surface area is 163 Å². The lowest BCUT2D eigenvalue weighted by atomic mass is 10.1. The van der Waals surface area contributed by atoms with Crippen molar-refractivity contribution in [3.63, 3.8) is 0 Å². The minimum atomic E-state index is -0.286. The number of para-hydroxylation sites is 2. The van der Waals surface area contributed by atoms with Crippen LogP contribution in [0.2, 0.25) is 0 Å². The number of amides is 1. The molecule has 0 radical (unpaired) electrons. The van der Waals surface area contributed by atoms with Gasteiger partial charge in [-0.25, -0.2) is 4.39 Å². The predicted molar refractivity (Wildman–Crippen MR) is 108 cm³/mol. The molecule has 0 aliphatic carbocycles. The van der Waals surface area contributed by atoms with Gasteiger partial charge in [-0.3, -0.25) is 4.79 Å². The number of aromatic amines is 1. The van der Waals surface area contributed by atoms with E-state index in [9.17, 15) is 9.18 Å². The van der Waals surface area contributed by atoms with Gasteiger partial charge < -0.3 is 19.5 Å². The molecule has 1 fully saturated rings. The Kier molecular flexibility index (Phi) is 4.94. The maximum absolute atomic E-state index is 13.7. The number of halogens is 1. The van der Waals surface area contributed by atoms with E-state index in [0.29, 0.717) is 13.1 Å². The van der Waals surface area contributed by atoms with E-state index in [-0.39, 0.29) is 18.1 Å². The van der Waals surface area contributed by atoms with Gasteiger partial charge in [0.15, 0.2) is 0 Å². The predicted octanol–water partition coefficient (Wildman–Crippen LogP) is 3.52. The molecule has 1 aromatic heterocycles. The molecule has 3 aromatic rings. The third-order valence-electron chi connectivity index (χ3n) is 5.47. The van der Waals surface area contributed by atoms with Gasteiger partial charge in [0.1, 0.15) is 11.6 Å². The summed E-state index contributed by atoms with van der Waals surface area (Å²) in [7, 11) is 1.67. The molecule has 0 bridgehead atoms. The Hall–Kier alpha value is -3.02. The van der Waals surface area contributed by atoms with Gasteiger partial charge in [0.2, 0.25) is 5.91 Å². The minimum absolute atomic E-state index is 0.0768. The van der Waals surface area contributed by atoms with Crippen molar-refractivity contribution in [2.45, 2.75) is 13.3 Å². The molecule has 6 heteroatoms. The summed E-state index contributed by atoms with van der Waals surface area (Å²) in [5, 5.41) is 0.790. The van der Waals surface area contributed by atoms with Crippen LogP contribution in [-0.2, 0) is 11.2 Å². The van der Waals surface area contributed by atoms with Crippen molar-refractivity contribution in [1.29, 1.82) is 0 Å². The normalized spacial score (nSPS) is 14.5. The van der Waals surface area contributed by atoms with E-state index >= 15 is 0 Å². The lowest BCUT2D eigenvalue weighted by molar-refractivity contribution is -0.130. The van der Waals surface area contributed by atoms with E-state index in [4.69, 9.17) is 4.74 Å². The van der Waals surface area contributed by atoms with Crippen molar-refractivity contribution in [3.8, 4) is 5.75 Å². The van der Waals surface area contributed by atoms with Gasteiger partial charge in [-0.05, 0) is 42.8 Å². The highest BCUT2D eigenvalue weighted by Gasteiger charge is 2.24. The van der Waals surface area contributed by atoms with Crippen LogP contribution < -0.4 is 9.64 Å². The molecule has 0 atom stereocenters. The average Bonchev–Trinajstić information content (AvgIpc) is 3.02. The second-order valence-corrected chi connectivity index (χ2v) is 7.13. The first-order chi connectivity index (χ1) is 13.6. The second-order valence-electron chi connectivity index (χ2n) is 7.13. The van der Waals surface area contributed by atoms with Crippen molar-refractivity contribution in [3.05, 3.63) is 59.5 Å². The van der Waals surface area contributed by atoms with Gasteiger partial charge >= 0.3 is 0 Å². The highest BCUT2D eigenvalue weighted by Crippen LogP contribution is 2.29. The molecule has 1 saturated heterocycles. The molecular weight excluding hydrogens is 357 g/mol. The number of hydrogen-bond donors (Lipinski definition) is 1. The number of fused-ring (bicyclic) bond motifs is 1. The first-order valence-electron chi connectivity index (χ1n) is 9.49. The molecule has 1 aliphatic rings. The summed E-state index contributed by atoms with van der Waals surface area (Å²) in [6.07, 6.45) is 0.282. The van der Waals surface area contributed by atoms with Crippen LogP contribution in [0.3, 0.4) is 0 Å². The standard InChI is InChI=1S/C22H24FN3O2/c1-15-17(18-13-16(23)7-8-19(18)24-15)14-22(27)26-11-9-25(10-12-26)20-5-3-4-6-21(20)28-2/h3-8,13,24H,9-12,14H2,1-2H3. The number of piperazine rings is 1. The Morgan fingerprint density at radius 1 is 1.14 bits per heavy atom. The summed E-state index contributed by atoms with van der Waals surface area (Å²) >= 11 is 0. The topological polar surface area (TPSA) is 48.6 Å². The van der Waals surface area contributed by atoms with Crippen molar-refractivity contribution in [1.82, 2.24) is 9.88 Å². The van der Waals surface area contributed by atoms with Gasteiger partial charge in [0, 0.05) is 42.8 Å². The van der Waals surface area contributed by atoms with Gasteiger partial charge in [-0.1, -0.05) is 12.1 Å². The summed E-state index contributed by atoms with van der Waals surface area (Å²) in [5.41, 5.74) is 3.72. The van der Waals surface area contributed by atoms with Gasteiger partial charge in [0.25, 0.3) is 0 Å². The number of benzene rings is 2. The second kappa shape index (κ2) is 7.54. The van der Waals surface area contributed by atoms with E-state index in [0.717, 1.165) is 46.7 Å². The number of hydrogen-bond acceptors (Lipinski definition) is 3. The van der Waals surface area contributed by atoms with Crippen LogP contribution in [0, 0.1) is 12.7 Å². The smallest absolute Gasteiger partial charge is 0.227 e. The molecule has 28 heavy (non-hydrogen) atoms. The zero-order valence-corrected chi connectivity index (χ0v) is 16.2. The summed E-state index contributed by atoms with van der Waals surface area (Å²) in [4.78, 5) is 20.3. The van der Waals surface area contributed by atoms with Crippen LogP contribution in [0.15, 0.2) is 42.5 Å². The highest BCUT2D eigenvalue weighted by molar-refractivity contribution is 5.90. The number of anilines is 1. The monoisotopic (exact) mass is 381 g/mol. The zero-order valence-electron chi connectivity index (χ0n) is 16.2. The maximum Gasteiger partial charge on any atom is 0.227 e. The number of H-pyrrole nitrogens is 1. The molecule has 5 nitrogen and oxygen atoms in total. The molecule has 146 valence electrons. The zero-order chi connectivity index (χ0) is 19.7. The number of rotatable bonds is 4. The number of nitrogens with one attached hydrogen (secondary N) is 1. The van der Waals surface area contributed by atoms with E-state index in [2.05, 4.69) is 9.88 Å². The van der Waals surface area contributed by atoms with E-state index < -0.39 is 0 Å². The van der Waals surface area contributed by atoms with Crippen molar-refractivity contribution in [2.24, 2.45) is 0 Å². The van der Waals surface area contributed by atoms with Crippen molar-refractivity contribution < 1.29 is 13.9 Å². The number of carbonyl (C=O) groups excluding carboxylic acids is 1. The van der Waals surface area contributed by atoms with E-state index in [1.807, 2.05) is 36.1 Å². The first-order valence-corrected chi connectivity index (χ1v) is 9.49. The van der Waals surface area contributed by atoms with Gasteiger partial charge in [-0.2, -0.15) is 0 Å². The molecule has 1 N–H and O–H groups in total. The molecule has 0 spiro atoms. The Bertz CT molecular complexity index is 1010. The Morgan fingerprint density at radius 2 is 1.89 bits per heavy atom. The summed E-state index contributed by atoms with van der Waals surface area (Å²) < 4.78 is 19.1. The lowest BCUT2D eigenvalue weighted by Crippen LogP contribution is -2.49. The summed E-state index contributed by atoms with van der Waals surface area (Å²) in [6.45, 7) is 4.76. The maximum atomic E-state index is 13.7. The molecule has 0 unspecified atom stereocenters. The number of aromatic nitrogens is 1. The third-order valence-corrected chi connectivity index (χ3v) is 5.47. The first kappa shape index (κ1) is 18.3. The summed E-state index contributed by atoms with van der Waals surface area (Å²) in [6, 6.07) is 12.6. The number of methoxy groups -OCH3 is 1. The van der Waals surface area contributed by atoms with Crippen molar-refractivity contribution >= 4 is 22.5 Å². The molecular formula is C22H24FN3O2. The molecule has 2 aromatic carbocycles. The fraction of sp³-hybridized carbons (Fsp3) is 0.318. The number of carbonyl (C=O) groups is 1. The molecule has 4 rings (SSSR count). The minimum Gasteiger partial charge on any atom is -0.495 e. The molecule has 1 amide bonds. The highest BCUT2D eigenvalue weighted by atomic mass is 19.1. The van der Waals surface area contributed by atoms with Crippen LogP contribution >= 0.6 is 0 Å². The molecule has 2 heterocycles. The van der Waals surface area contributed by atoms with Gasteiger partial charge in [0.05, 0.1) is 19.2 Å². The quantitative estimate of drug-likeness (QED) is 0.752. The number of nitrogens with zero attached hydrogens (tertiary/aromatic N) is 2. The van der Waals surface area contributed by atoms with Crippen LogP contribution in [0.5, 0.6) is 5.75 Å². The summed E-state index contributed by atoms with van der Waals surface area (Å²) in [5.74, 6) is 0.636. The van der Waals surface area contributed by atoms with Crippen LogP contribution in [0.4, 0.5) is 10.1 Å².